The van der Waals surface area contributed by atoms with Crippen LogP contribution in [0.5, 0.6) is 0 Å². The molecule has 1 saturated carbocycles. The third kappa shape index (κ3) is 3.62. The molecule has 2 nitrogen and oxygen atoms in total. The Morgan fingerprint density at radius 1 is 1.24 bits per heavy atom. The van der Waals surface area contributed by atoms with Crippen LogP contribution in [0.1, 0.15) is 45.6 Å². The largest absolute Gasteiger partial charge is 0.368 e. The van der Waals surface area contributed by atoms with Crippen molar-refractivity contribution >= 4 is 21.6 Å². The van der Waals surface area contributed by atoms with Crippen LogP contribution in [0.4, 0.5) is 5.69 Å². The molecule has 1 aromatic carbocycles. The molecule has 1 aliphatic carbocycles. The molecule has 0 amide bonds. The maximum Gasteiger partial charge on any atom is 0.0380 e. The Morgan fingerprint density at radius 3 is 2.67 bits per heavy atom. The van der Waals surface area contributed by atoms with Gasteiger partial charge in [-0.25, -0.2) is 0 Å². The molecule has 1 saturated heterocycles. The summed E-state index contributed by atoms with van der Waals surface area (Å²) in [6.45, 7) is 9.28. The number of hydrogen-bond donors (Lipinski definition) is 1. The second-order valence-corrected chi connectivity index (χ2v) is 8.00. The molecular weight excluding hydrogens is 324 g/mol. The molecule has 0 spiro atoms. The highest BCUT2D eigenvalue weighted by Crippen LogP contribution is 2.33. The SMILES string of the molecule is CC1CC(C)C(C)N(c2ccc(CNC3CC3)c(Br)c2)C1. The van der Waals surface area contributed by atoms with Gasteiger partial charge in [-0.2, -0.15) is 0 Å². The van der Waals surface area contributed by atoms with E-state index in [2.05, 4.69) is 65.1 Å². The molecule has 3 unspecified atom stereocenters. The first-order valence-corrected chi connectivity index (χ1v) is 9.12. The molecule has 21 heavy (non-hydrogen) atoms. The number of piperidine rings is 1. The van der Waals surface area contributed by atoms with Crippen LogP contribution in [-0.4, -0.2) is 18.6 Å². The molecule has 0 bridgehead atoms. The lowest BCUT2D eigenvalue weighted by molar-refractivity contribution is 0.297. The third-order valence-corrected chi connectivity index (χ3v) is 5.86. The Kier molecular flexibility index (Phi) is 4.60. The first kappa shape index (κ1) is 15.4. The van der Waals surface area contributed by atoms with E-state index in [1.807, 2.05) is 0 Å². The van der Waals surface area contributed by atoms with Crippen molar-refractivity contribution in [3.8, 4) is 0 Å². The molecule has 1 aliphatic heterocycles. The van der Waals surface area contributed by atoms with Crippen LogP contribution in [-0.2, 0) is 6.54 Å². The van der Waals surface area contributed by atoms with Crippen LogP contribution >= 0.6 is 15.9 Å². The molecule has 116 valence electrons. The normalized spacial score (nSPS) is 29.7. The number of anilines is 1. The molecule has 0 radical (unpaired) electrons. The van der Waals surface area contributed by atoms with Crippen molar-refractivity contribution in [2.45, 2.75) is 58.7 Å². The van der Waals surface area contributed by atoms with Crippen molar-refractivity contribution in [3.05, 3.63) is 28.2 Å². The Labute approximate surface area is 137 Å². The van der Waals surface area contributed by atoms with Crippen molar-refractivity contribution in [1.29, 1.82) is 0 Å². The van der Waals surface area contributed by atoms with Gasteiger partial charge in [0.25, 0.3) is 0 Å². The Balaban J connectivity index is 1.73. The summed E-state index contributed by atoms with van der Waals surface area (Å²) in [6.07, 6.45) is 4.04. The average molecular weight is 351 g/mol. The highest BCUT2D eigenvalue weighted by atomic mass is 79.9. The molecule has 1 N–H and O–H groups in total. The van der Waals surface area contributed by atoms with Gasteiger partial charge < -0.3 is 10.2 Å². The first-order chi connectivity index (χ1) is 10.0. The summed E-state index contributed by atoms with van der Waals surface area (Å²) in [5.74, 6) is 1.55. The molecule has 1 aromatic rings. The van der Waals surface area contributed by atoms with Crippen molar-refractivity contribution < 1.29 is 0 Å². The van der Waals surface area contributed by atoms with E-state index >= 15 is 0 Å². The van der Waals surface area contributed by atoms with Gasteiger partial charge in [0.05, 0.1) is 0 Å². The molecule has 1 heterocycles. The summed E-state index contributed by atoms with van der Waals surface area (Å²) < 4.78 is 1.24. The highest BCUT2D eigenvalue weighted by molar-refractivity contribution is 9.10. The van der Waals surface area contributed by atoms with Gasteiger partial charge in [-0.15, -0.1) is 0 Å². The van der Waals surface area contributed by atoms with E-state index in [1.165, 1.54) is 41.5 Å². The Hall–Kier alpha value is -0.540. The summed E-state index contributed by atoms with van der Waals surface area (Å²) in [6, 6.07) is 8.29. The monoisotopic (exact) mass is 350 g/mol. The maximum absolute atomic E-state index is 3.77. The van der Waals surface area contributed by atoms with E-state index in [0.29, 0.717) is 6.04 Å². The zero-order chi connectivity index (χ0) is 15.0. The third-order valence-electron chi connectivity index (χ3n) is 5.12. The summed E-state index contributed by atoms with van der Waals surface area (Å²) in [5, 5.41) is 3.59. The minimum atomic E-state index is 0.628. The standard InChI is InChI=1S/C18H27BrN2/c1-12-8-13(2)14(3)21(11-12)17-7-4-15(18(19)9-17)10-20-16-5-6-16/h4,7,9,12-14,16,20H,5-6,8,10-11H2,1-3H3. The Bertz CT molecular complexity index is 498. The predicted octanol–water partition coefficient (Wildman–Crippen LogP) is 4.57. The summed E-state index contributed by atoms with van der Waals surface area (Å²) in [5.41, 5.74) is 2.74. The number of benzene rings is 1. The topological polar surface area (TPSA) is 15.3 Å². The highest BCUT2D eigenvalue weighted by Gasteiger charge is 2.29. The Morgan fingerprint density at radius 2 is 2.00 bits per heavy atom. The fourth-order valence-electron chi connectivity index (χ4n) is 3.46. The van der Waals surface area contributed by atoms with Crippen LogP contribution in [0, 0.1) is 11.8 Å². The van der Waals surface area contributed by atoms with Gasteiger partial charge in [-0.1, -0.05) is 35.8 Å². The number of hydrogen-bond acceptors (Lipinski definition) is 2. The fourth-order valence-corrected chi connectivity index (χ4v) is 3.96. The molecular formula is C18H27BrN2. The second kappa shape index (κ2) is 6.29. The van der Waals surface area contributed by atoms with Gasteiger partial charge in [-0.05, 0) is 55.7 Å². The minimum Gasteiger partial charge on any atom is -0.368 e. The maximum atomic E-state index is 3.77. The van der Waals surface area contributed by atoms with Crippen LogP contribution < -0.4 is 10.2 Å². The van der Waals surface area contributed by atoms with Crippen LogP contribution in [0.15, 0.2) is 22.7 Å². The smallest absolute Gasteiger partial charge is 0.0380 e. The van der Waals surface area contributed by atoms with Crippen LogP contribution in [0.25, 0.3) is 0 Å². The quantitative estimate of drug-likeness (QED) is 0.855. The summed E-state index contributed by atoms with van der Waals surface area (Å²) in [7, 11) is 0. The van der Waals surface area contributed by atoms with Gasteiger partial charge in [0.2, 0.25) is 0 Å². The van der Waals surface area contributed by atoms with Crippen LogP contribution in [0.2, 0.25) is 0 Å². The molecule has 2 aliphatic rings. The van der Waals surface area contributed by atoms with Crippen molar-refractivity contribution in [2.75, 3.05) is 11.4 Å². The lowest BCUT2D eigenvalue weighted by Gasteiger charge is -2.42. The summed E-state index contributed by atoms with van der Waals surface area (Å²) in [4.78, 5) is 2.59. The van der Waals surface area contributed by atoms with Gasteiger partial charge in [0.15, 0.2) is 0 Å². The lowest BCUT2D eigenvalue weighted by Crippen LogP contribution is -2.45. The van der Waals surface area contributed by atoms with Gasteiger partial charge in [0.1, 0.15) is 0 Å². The van der Waals surface area contributed by atoms with Crippen molar-refractivity contribution in [3.63, 3.8) is 0 Å². The zero-order valence-corrected chi connectivity index (χ0v) is 15.0. The van der Waals surface area contributed by atoms with E-state index < -0.39 is 0 Å². The van der Waals surface area contributed by atoms with Crippen molar-refractivity contribution in [1.82, 2.24) is 5.32 Å². The van der Waals surface area contributed by atoms with Gasteiger partial charge in [0, 0.05) is 35.3 Å². The second-order valence-electron chi connectivity index (χ2n) is 7.14. The van der Waals surface area contributed by atoms with Crippen LogP contribution in [0.3, 0.4) is 0 Å². The molecule has 0 aromatic heterocycles. The summed E-state index contributed by atoms with van der Waals surface area (Å²) >= 11 is 3.77. The fraction of sp³-hybridized carbons (Fsp3) is 0.667. The predicted molar refractivity (Wildman–Crippen MR) is 93.8 cm³/mol. The van der Waals surface area contributed by atoms with E-state index in [4.69, 9.17) is 0 Å². The molecule has 2 fully saturated rings. The average Bonchev–Trinajstić information content (AvgIpc) is 3.25. The number of nitrogens with zero attached hydrogens (tertiary/aromatic N) is 1. The molecule has 3 atom stereocenters. The van der Waals surface area contributed by atoms with E-state index in [9.17, 15) is 0 Å². The van der Waals surface area contributed by atoms with E-state index in [1.54, 1.807) is 0 Å². The minimum absolute atomic E-state index is 0.628. The number of rotatable bonds is 4. The van der Waals surface area contributed by atoms with Gasteiger partial charge in [-0.3, -0.25) is 0 Å². The number of nitrogens with one attached hydrogen (secondary N) is 1. The lowest BCUT2D eigenvalue weighted by atomic mass is 9.85. The van der Waals surface area contributed by atoms with E-state index in [-0.39, 0.29) is 0 Å². The zero-order valence-electron chi connectivity index (χ0n) is 13.4. The molecule has 3 rings (SSSR count). The molecule has 3 heteroatoms. The van der Waals surface area contributed by atoms with Crippen molar-refractivity contribution in [2.24, 2.45) is 11.8 Å². The van der Waals surface area contributed by atoms with E-state index in [0.717, 1.165) is 24.4 Å². The number of halogens is 1. The first-order valence-electron chi connectivity index (χ1n) is 8.33. The van der Waals surface area contributed by atoms with Gasteiger partial charge >= 0.3 is 0 Å².